The first-order valence-corrected chi connectivity index (χ1v) is 14.6. The van der Waals surface area contributed by atoms with Crippen molar-refractivity contribution >= 4 is 28.4 Å². The van der Waals surface area contributed by atoms with Crippen molar-refractivity contribution in [1.82, 2.24) is 15.1 Å². The lowest BCUT2D eigenvalue weighted by Gasteiger charge is -2.15. The molecule has 1 unspecified atom stereocenters. The first-order valence-electron chi connectivity index (χ1n) is 14.6. The van der Waals surface area contributed by atoms with Crippen molar-refractivity contribution in [3.8, 4) is 53.4 Å². The van der Waals surface area contributed by atoms with Gasteiger partial charge in [-0.25, -0.2) is 9.97 Å². The van der Waals surface area contributed by atoms with E-state index in [9.17, 15) is 9.90 Å². The van der Waals surface area contributed by atoms with Gasteiger partial charge in [0.2, 0.25) is 0 Å². The zero-order valence-corrected chi connectivity index (χ0v) is 26.2. The highest BCUT2D eigenvalue weighted by Crippen LogP contribution is 2.35. The Morgan fingerprint density at radius 1 is 0.979 bits per heavy atom. The van der Waals surface area contributed by atoms with Crippen LogP contribution >= 0.6 is 0 Å². The quantitative estimate of drug-likeness (QED) is 0.130. The zero-order valence-electron chi connectivity index (χ0n) is 26.2. The molecule has 2 N–H and O–H groups in total. The number of carbonyl (C=O) groups is 1. The molecule has 2 heterocycles. The van der Waals surface area contributed by atoms with Gasteiger partial charge in [-0.2, -0.15) is 0 Å². The third kappa shape index (κ3) is 10.1. The molecule has 2 aromatic heterocycles. The predicted octanol–water partition coefficient (Wildman–Crippen LogP) is 4.67. The number of ether oxygens (including phenoxy) is 5. The largest absolute Gasteiger partial charge is 0.487 e. The van der Waals surface area contributed by atoms with E-state index < -0.39 is 11.9 Å². The molecule has 47 heavy (non-hydrogen) atoms. The lowest BCUT2D eigenvalue weighted by Crippen LogP contribution is -2.16. The first-order chi connectivity index (χ1) is 22.9. The minimum absolute atomic E-state index is 0.00881. The maximum atomic E-state index is 11.4. The Hall–Kier alpha value is -5.74. The summed E-state index contributed by atoms with van der Waals surface area (Å²) in [5.74, 6) is 13.5. The number of benzene rings is 2. The standard InChI is InChI=1S/C35H34N4O8/c1-5-25-11-10-12-26(19-25)38-34-27-20-29(30(44-17-15-42-4)21-28(27)36-23-37-34)45-18-16-43-13-8-6-7-9-14-46-32-22-31(47-39-32)33(24(2)3)35(40)41/h1,10-12,19-24,33H,13-18H2,2-4H3,(H,40,41)(H,36,37,38). The topological polar surface area (TPSA) is 147 Å². The lowest BCUT2D eigenvalue weighted by molar-refractivity contribution is -0.140. The number of carboxylic acids is 1. The van der Waals surface area contributed by atoms with Gasteiger partial charge < -0.3 is 38.6 Å². The molecule has 4 rings (SSSR count). The third-order valence-electron chi connectivity index (χ3n) is 6.47. The molecule has 0 bridgehead atoms. The minimum atomic E-state index is -0.988. The van der Waals surface area contributed by atoms with E-state index in [4.69, 9.17) is 34.6 Å². The number of nitrogens with zero attached hydrogens (tertiary/aromatic N) is 3. The van der Waals surface area contributed by atoms with E-state index >= 15 is 0 Å². The number of terminal acetylenes is 1. The number of hydrogen-bond donors (Lipinski definition) is 2. The molecule has 12 nitrogen and oxygen atoms in total. The second kappa shape index (κ2) is 17.7. The second-order valence-corrected chi connectivity index (χ2v) is 10.2. The van der Waals surface area contributed by atoms with E-state index in [0.29, 0.717) is 36.0 Å². The highest BCUT2D eigenvalue weighted by atomic mass is 16.6. The predicted molar refractivity (Wildman–Crippen MR) is 174 cm³/mol. The van der Waals surface area contributed by atoms with Crippen molar-refractivity contribution in [3.05, 3.63) is 60.1 Å². The maximum Gasteiger partial charge on any atom is 0.314 e. The van der Waals surface area contributed by atoms with Crippen LogP contribution in [0.2, 0.25) is 0 Å². The summed E-state index contributed by atoms with van der Waals surface area (Å²) >= 11 is 0. The molecule has 4 aromatic rings. The molecule has 1 atom stereocenters. The monoisotopic (exact) mass is 638 g/mol. The van der Waals surface area contributed by atoms with Gasteiger partial charge in [-0.15, -0.1) is 6.42 Å². The van der Waals surface area contributed by atoms with E-state index in [1.165, 1.54) is 12.4 Å². The Kier molecular flexibility index (Phi) is 12.8. The number of carboxylic acid groups (broad SMARTS) is 1. The Balaban J connectivity index is 1.29. The van der Waals surface area contributed by atoms with Gasteiger partial charge in [0.25, 0.3) is 5.88 Å². The number of rotatable bonds is 16. The molecule has 0 saturated heterocycles. The van der Waals surface area contributed by atoms with Gasteiger partial charge in [0.05, 0.1) is 18.7 Å². The van der Waals surface area contributed by atoms with E-state index in [0.717, 1.165) is 16.6 Å². The number of fused-ring (bicyclic) bond motifs is 1. The number of nitrogens with one attached hydrogen (secondary N) is 1. The summed E-state index contributed by atoms with van der Waals surface area (Å²) in [5.41, 5.74) is 2.20. The van der Waals surface area contributed by atoms with Gasteiger partial charge in [-0.3, -0.25) is 4.79 Å². The fourth-order valence-electron chi connectivity index (χ4n) is 4.27. The van der Waals surface area contributed by atoms with Crippen molar-refractivity contribution in [1.29, 1.82) is 0 Å². The molecule has 0 aliphatic carbocycles. The smallest absolute Gasteiger partial charge is 0.314 e. The summed E-state index contributed by atoms with van der Waals surface area (Å²) in [5, 5.41) is 17.1. The summed E-state index contributed by atoms with van der Waals surface area (Å²) in [6, 6.07) is 12.5. The number of hydrogen-bond acceptors (Lipinski definition) is 11. The van der Waals surface area contributed by atoms with Crippen molar-refractivity contribution in [3.63, 3.8) is 0 Å². The van der Waals surface area contributed by atoms with Crippen LogP contribution in [0.5, 0.6) is 17.4 Å². The normalized spacial score (nSPS) is 11.0. The fourth-order valence-corrected chi connectivity index (χ4v) is 4.27. The molecule has 2 aromatic carbocycles. The van der Waals surface area contributed by atoms with Crippen LogP contribution in [-0.2, 0) is 14.3 Å². The highest BCUT2D eigenvalue weighted by Gasteiger charge is 2.28. The van der Waals surface area contributed by atoms with Gasteiger partial charge in [0.15, 0.2) is 23.9 Å². The summed E-state index contributed by atoms with van der Waals surface area (Å²) in [7, 11) is 1.60. The molecule has 0 fully saturated rings. The minimum Gasteiger partial charge on any atom is -0.487 e. The molecular formula is C35H34N4O8. The fraction of sp³-hybridized carbons (Fsp3) is 0.314. The van der Waals surface area contributed by atoms with Crippen molar-refractivity contribution < 1.29 is 38.1 Å². The number of aliphatic carboxylic acids is 1. The Morgan fingerprint density at radius 3 is 2.49 bits per heavy atom. The second-order valence-electron chi connectivity index (χ2n) is 10.2. The van der Waals surface area contributed by atoms with Gasteiger partial charge in [-0.05, 0) is 53.1 Å². The van der Waals surface area contributed by atoms with E-state index in [1.54, 1.807) is 27.0 Å². The maximum absolute atomic E-state index is 11.4. The first kappa shape index (κ1) is 34.1. The highest BCUT2D eigenvalue weighted by molar-refractivity contribution is 5.93. The summed E-state index contributed by atoms with van der Waals surface area (Å²) < 4.78 is 33.1. The molecule has 0 spiro atoms. The Labute approximate surface area is 272 Å². The molecule has 12 heteroatoms. The number of aromatic nitrogens is 3. The van der Waals surface area contributed by atoms with Crippen molar-refractivity contribution in [2.24, 2.45) is 5.92 Å². The molecular weight excluding hydrogens is 604 g/mol. The van der Waals surface area contributed by atoms with Crippen molar-refractivity contribution in [2.75, 3.05) is 52.1 Å². The van der Waals surface area contributed by atoms with Crippen LogP contribution in [0.25, 0.3) is 10.9 Å². The van der Waals surface area contributed by atoms with Crippen LogP contribution in [0.4, 0.5) is 11.5 Å². The van der Waals surface area contributed by atoms with Crippen LogP contribution in [0.15, 0.2) is 53.3 Å². The van der Waals surface area contributed by atoms with Crippen LogP contribution < -0.4 is 19.5 Å². The van der Waals surface area contributed by atoms with E-state index in [-0.39, 0.29) is 44.0 Å². The molecule has 0 aliphatic rings. The summed E-state index contributed by atoms with van der Waals surface area (Å²) in [6.07, 6.45) is 7.02. The van der Waals surface area contributed by atoms with E-state index in [2.05, 4.69) is 50.0 Å². The summed E-state index contributed by atoms with van der Waals surface area (Å²) in [6.45, 7) is 4.96. The molecule has 0 radical (unpaired) electrons. The van der Waals surface area contributed by atoms with Gasteiger partial charge in [0, 0.05) is 35.9 Å². The average molecular weight is 639 g/mol. The lowest BCUT2D eigenvalue weighted by atomic mass is 9.94. The molecule has 0 saturated carbocycles. The van der Waals surface area contributed by atoms with Crippen LogP contribution in [0.3, 0.4) is 0 Å². The third-order valence-corrected chi connectivity index (χ3v) is 6.47. The number of anilines is 2. The average Bonchev–Trinajstić information content (AvgIpc) is 3.51. The molecule has 0 amide bonds. The SMILES string of the molecule is C#Cc1cccc(Nc2ncnc3cc(OCCOC)c(OCCOCC#CC#CCOc4cc(C(C(=O)O)C(C)C)on4)cc23)c1. The van der Waals surface area contributed by atoms with Gasteiger partial charge >= 0.3 is 5.97 Å². The van der Waals surface area contributed by atoms with Gasteiger partial charge in [0.1, 0.15) is 37.9 Å². The van der Waals surface area contributed by atoms with Crippen LogP contribution in [-0.4, -0.2) is 73.0 Å². The van der Waals surface area contributed by atoms with Crippen LogP contribution in [0.1, 0.15) is 31.1 Å². The van der Waals surface area contributed by atoms with Crippen LogP contribution in [0, 0.1) is 41.9 Å². The van der Waals surface area contributed by atoms with Crippen molar-refractivity contribution in [2.45, 2.75) is 19.8 Å². The zero-order chi connectivity index (χ0) is 33.4. The van der Waals surface area contributed by atoms with Gasteiger partial charge in [-0.1, -0.05) is 31.8 Å². The molecule has 0 aliphatic heterocycles. The molecule has 242 valence electrons. The Morgan fingerprint density at radius 2 is 1.74 bits per heavy atom. The van der Waals surface area contributed by atoms with E-state index in [1.807, 2.05) is 30.3 Å². The summed E-state index contributed by atoms with van der Waals surface area (Å²) in [4.78, 5) is 20.3. The Bertz CT molecular complexity index is 1820. The number of methoxy groups -OCH3 is 1.